The summed E-state index contributed by atoms with van der Waals surface area (Å²) in [4.78, 5) is 18.2. The average molecular weight is 268 g/mol. The van der Waals surface area contributed by atoms with Crippen LogP contribution in [0.5, 0.6) is 0 Å². The first-order valence-corrected chi connectivity index (χ1v) is 6.48. The van der Waals surface area contributed by atoms with Crippen molar-refractivity contribution in [1.29, 1.82) is 0 Å². The van der Waals surface area contributed by atoms with Crippen molar-refractivity contribution < 1.29 is 14.6 Å². The molecular formula is C12H20N4O3. The lowest BCUT2D eigenvalue weighted by Gasteiger charge is -2.36. The van der Waals surface area contributed by atoms with Crippen molar-refractivity contribution in [3.8, 4) is 0 Å². The predicted octanol–water partition coefficient (Wildman–Crippen LogP) is 0.150. The van der Waals surface area contributed by atoms with Crippen LogP contribution < -0.4 is 0 Å². The molecule has 7 nitrogen and oxygen atoms in total. The largest absolute Gasteiger partial charge is 0.394 e. The number of aromatic amines is 1. The highest BCUT2D eigenvalue weighted by Gasteiger charge is 2.31. The fourth-order valence-corrected chi connectivity index (χ4v) is 1.97. The Labute approximate surface area is 112 Å². The van der Waals surface area contributed by atoms with Gasteiger partial charge in [0, 0.05) is 12.5 Å². The first-order valence-electron chi connectivity index (χ1n) is 6.48. The monoisotopic (exact) mass is 268 g/mol. The maximum Gasteiger partial charge on any atom is 0.293 e. The van der Waals surface area contributed by atoms with Crippen molar-refractivity contribution in [3.63, 3.8) is 0 Å². The highest BCUT2D eigenvalue weighted by Crippen LogP contribution is 2.15. The predicted molar refractivity (Wildman–Crippen MR) is 67.8 cm³/mol. The van der Waals surface area contributed by atoms with E-state index in [9.17, 15) is 4.79 Å². The number of carbonyl (C=O) groups excluding carboxylic acids is 1. The van der Waals surface area contributed by atoms with Gasteiger partial charge in [0.25, 0.3) is 5.91 Å². The van der Waals surface area contributed by atoms with Gasteiger partial charge in [-0.1, -0.05) is 13.8 Å². The van der Waals surface area contributed by atoms with Crippen molar-refractivity contribution in [2.45, 2.75) is 38.8 Å². The summed E-state index contributed by atoms with van der Waals surface area (Å²) >= 11 is 0. The van der Waals surface area contributed by atoms with E-state index in [0.717, 1.165) is 0 Å². The molecule has 7 heteroatoms. The average Bonchev–Trinajstić information content (AvgIpc) is 2.88. The van der Waals surface area contributed by atoms with Gasteiger partial charge in [-0.15, -0.1) is 5.10 Å². The minimum Gasteiger partial charge on any atom is -0.394 e. The number of morpholine rings is 1. The van der Waals surface area contributed by atoms with Gasteiger partial charge in [-0.25, -0.2) is 4.98 Å². The molecule has 1 fully saturated rings. The van der Waals surface area contributed by atoms with Gasteiger partial charge in [0.2, 0.25) is 5.82 Å². The van der Waals surface area contributed by atoms with Gasteiger partial charge < -0.3 is 14.7 Å². The van der Waals surface area contributed by atoms with Gasteiger partial charge in [0.1, 0.15) is 5.82 Å². The van der Waals surface area contributed by atoms with Crippen LogP contribution >= 0.6 is 0 Å². The Bertz CT molecular complexity index is 446. The van der Waals surface area contributed by atoms with E-state index in [1.54, 1.807) is 4.90 Å². The Hall–Kier alpha value is -1.47. The minimum atomic E-state index is -0.330. The van der Waals surface area contributed by atoms with Gasteiger partial charge in [0.15, 0.2) is 0 Å². The maximum atomic E-state index is 12.4. The molecule has 0 aliphatic carbocycles. The summed E-state index contributed by atoms with van der Waals surface area (Å²) in [6.07, 6.45) is -0.330. The quantitative estimate of drug-likeness (QED) is 0.814. The van der Waals surface area contributed by atoms with Crippen LogP contribution in [0.2, 0.25) is 0 Å². The highest BCUT2D eigenvalue weighted by atomic mass is 16.5. The van der Waals surface area contributed by atoms with E-state index in [-0.39, 0.29) is 36.4 Å². The molecule has 0 saturated carbocycles. The molecule has 0 spiro atoms. The van der Waals surface area contributed by atoms with Gasteiger partial charge >= 0.3 is 0 Å². The summed E-state index contributed by atoms with van der Waals surface area (Å²) in [6.45, 7) is 6.55. The van der Waals surface area contributed by atoms with E-state index in [0.29, 0.717) is 19.0 Å². The van der Waals surface area contributed by atoms with Crippen molar-refractivity contribution in [2.24, 2.45) is 0 Å². The van der Waals surface area contributed by atoms with Gasteiger partial charge in [-0.05, 0) is 6.92 Å². The normalized spacial score (nSPS) is 23.9. The van der Waals surface area contributed by atoms with Crippen LogP contribution in [0, 0.1) is 0 Å². The van der Waals surface area contributed by atoms with E-state index in [4.69, 9.17) is 9.84 Å². The number of ether oxygens (including phenoxy) is 1. The lowest BCUT2D eigenvalue weighted by molar-refractivity contribution is -0.0670. The molecule has 2 rings (SSSR count). The lowest BCUT2D eigenvalue weighted by atomic mass is 10.2. The summed E-state index contributed by atoms with van der Waals surface area (Å²) in [5.74, 6) is 0.843. The third-order valence-electron chi connectivity index (χ3n) is 3.21. The topological polar surface area (TPSA) is 91.3 Å². The van der Waals surface area contributed by atoms with Crippen LogP contribution in [0.3, 0.4) is 0 Å². The van der Waals surface area contributed by atoms with Crippen LogP contribution in [0.15, 0.2) is 0 Å². The molecule has 1 saturated heterocycles. The fourth-order valence-electron chi connectivity index (χ4n) is 1.97. The number of nitrogens with zero attached hydrogens (tertiary/aromatic N) is 3. The standard InChI is InChI=1S/C12H20N4O3/c1-7(2)10-13-11(15-14-10)12(18)16-4-9(5-17)19-6-8(16)3/h7-9,17H,4-6H2,1-3H3,(H,13,14,15). The molecule has 1 aliphatic rings. The van der Waals surface area contributed by atoms with Gasteiger partial charge in [-0.3, -0.25) is 9.89 Å². The second-order valence-electron chi connectivity index (χ2n) is 5.14. The molecule has 1 aromatic heterocycles. The van der Waals surface area contributed by atoms with Crippen LogP contribution in [0.4, 0.5) is 0 Å². The molecule has 0 aromatic carbocycles. The SMILES string of the molecule is CC(C)c1nc(C(=O)N2CC(CO)OCC2C)n[nH]1. The number of hydrogen-bond donors (Lipinski definition) is 2. The van der Waals surface area contributed by atoms with Gasteiger partial charge in [-0.2, -0.15) is 0 Å². The Morgan fingerprint density at radius 3 is 2.95 bits per heavy atom. The Morgan fingerprint density at radius 1 is 1.63 bits per heavy atom. The molecule has 1 amide bonds. The van der Waals surface area contributed by atoms with Crippen LogP contribution in [0.25, 0.3) is 0 Å². The number of rotatable bonds is 3. The summed E-state index contributed by atoms with van der Waals surface area (Å²) in [7, 11) is 0. The number of carbonyl (C=O) groups is 1. The van der Waals surface area contributed by atoms with E-state index < -0.39 is 0 Å². The van der Waals surface area contributed by atoms with Gasteiger partial charge in [0.05, 0.1) is 25.4 Å². The molecule has 2 heterocycles. The molecule has 19 heavy (non-hydrogen) atoms. The first-order chi connectivity index (χ1) is 9.02. The van der Waals surface area contributed by atoms with Crippen molar-refractivity contribution in [3.05, 3.63) is 11.6 Å². The zero-order valence-electron chi connectivity index (χ0n) is 11.5. The summed E-state index contributed by atoms with van der Waals surface area (Å²) in [6, 6.07) is -0.0451. The van der Waals surface area contributed by atoms with Crippen molar-refractivity contribution in [1.82, 2.24) is 20.1 Å². The smallest absolute Gasteiger partial charge is 0.293 e. The number of H-pyrrole nitrogens is 1. The molecule has 0 bridgehead atoms. The molecule has 106 valence electrons. The third-order valence-corrected chi connectivity index (χ3v) is 3.21. The van der Waals surface area contributed by atoms with E-state index in [2.05, 4.69) is 15.2 Å². The van der Waals surface area contributed by atoms with Crippen LogP contribution in [-0.2, 0) is 4.74 Å². The summed E-state index contributed by atoms with van der Waals surface area (Å²) < 4.78 is 5.41. The Kier molecular flexibility index (Phi) is 4.16. The number of nitrogens with one attached hydrogen (secondary N) is 1. The minimum absolute atomic E-state index is 0.0451. The molecule has 0 radical (unpaired) electrons. The molecule has 1 aliphatic heterocycles. The molecular weight excluding hydrogens is 248 g/mol. The highest BCUT2D eigenvalue weighted by molar-refractivity contribution is 5.90. The maximum absolute atomic E-state index is 12.4. The number of aromatic nitrogens is 3. The third kappa shape index (κ3) is 2.93. The summed E-state index contributed by atoms with van der Waals surface area (Å²) in [5, 5.41) is 15.9. The number of hydrogen-bond acceptors (Lipinski definition) is 5. The molecule has 2 N–H and O–H groups in total. The number of amides is 1. The van der Waals surface area contributed by atoms with E-state index in [1.165, 1.54) is 0 Å². The number of aliphatic hydroxyl groups is 1. The van der Waals surface area contributed by atoms with E-state index in [1.807, 2.05) is 20.8 Å². The van der Waals surface area contributed by atoms with E-state index >= 15 is 0 Å². The van der Waals surface area contributed by atoms with Crippen LogP contribution in [-0.4, -0.2) is 63.0 Å². The second-order valence-corrected chi connectivity index (χ2v) is 5.14. The van der Waals surface area contributed by atoms with Crippen molar-refractivity contribution in [2.75, 3.05) is 19.8 Å². The zero-order chi connectivity index (χ0) is 14.0. The molecule has 2 atom stereocenters. The second kappa shape index (κ2) is 5.66. The Balaban J connectivity index is 2.12. The Morgan fingerprint density at radius 2 is 2.37 bits per heavy atom. The first kappa shape index (κ1) is 14.0. The number of aliphatic hydroxyl groups excluding tert-OH is 1. The fraction of sp³-hybridized carbons (Fsp3) is 0.750. The van der Waals surface area contributed by atoms with Crippen molar-refractivity contribution >= 4 is 5.91 Å². The lowest BCUT2D eigenvalue weighted by Crippen LogP contribution is -2.52. The molecule has 2 unspecified atom stereocenters. The molecule has 1 aromatic rings. The summed E-state index contributed by atoms with van der Waals surface area (Å²) in [5.41, 5.74) is 0. The zero-order valence-corrected chi connectivity index (χ0v) is 11.5. The van der Waals surface area contributed by atoms with Crippen LogP contribution in [0.1, 0.15) is 43.1 Å².